The van der Waals surface area contributed by atoms with Gasteiger partial charge in [-0.1, -0.05) is 18.2 Å². The summed E-state index contributed by atoms with van der Waals surface area (Å²) in [6, 6.07) is 8.90. The molecule has 3 nitrogen and oxygen atoms in total. The van der Waals surface area contributed by atoms with Gasteiger partial charge in [-0.3, -0.25) is 0 Å². The number of esters is 1. The Morgan fingerprint density at radius 2 is 1.92 bits per heavy atom. The molecule has 0 aliphatic carbocycles. The zero-order valence-electron chi connectivity index (χ0n) is 7.11. The van der Waals surface area contributed by atoms with E-state index < -0.39 is 5.97 Å². The Hall–Kier alpha value is -1.77. The van der Waals surface area contributed by atoms with Gasteiger partial charge in [-0.15, -0.1) is 0 Å². The van der Waals surface area contributed by atoms with Gasteiger partial charge >= 0.3 is 5.97 Å². The highest BCUT2D eigenvalue weighted by atomic mass is 16.6. The highest BCUT2D eigenvalue weighted by molar-refractivity contribution is 5.91. The van der Waals surface area contributed by atoms with Crippen molar-refractivity contribution in [3.05, 3.63) is 41.9 Å². The van der Waals surface area contributed by atoms with E-state index >= 15 is 0 Å². The molecule has 0 bridgehead atoms. The van der Waals surface area contributed by atoms with E-state index in [1.165, 1.54) is 0 Å². The molecule has 0 aromatic heterocycles. The first-order valence-electron chi connectivity index (χ1n) is 3.93. The Morgan fingerprint density at radius 3 is 2.46 bits per heavy atom. The van der Waals surface area contributed by atoms with Gasteiger partial charge in [0.2, 0.25) is 5.76 Å². The normalized spacial score (nSPS) is 13.6. The molecule has 3 heteroatoms. The molecule has 1 heterocycles. The molecule has 0 spiro atoms. The third kappa shape index (κ3) is 1.69. The molecule has 0 saturated heterocycles. The van der Waals surface area contributed by atoms with Gasteiger partial charge in [-0.05, 0) is 19.1 Å². The predicted octanol–water partition coefficient (Wildman–Crippen LogP) is 1.85. The molecule has 1 aromatic carbocycles. The molecule has 0 saturated carbocycles. The molecule has 0 unspecified atom stereocenters. The van der Waals surface area contributed by atoms with Crippen LogP contribution < -0.4 is 4.74 Å². The number of ether oxygens (including phenoxy) is 2. The molecule has 66 valence electrons. The quantitative estimate of drug-likeness (QED) is 0.510. The van der Waals surface area contributed by atoms with Crippen molar-refractivity contribution >= 4 is 5.97 Å². The fraction of sp³-hybridized carbons (Fsp3) is 0.100. The lowest BCUT2D eigenvalue weighted by Crippen LogP contribution is -2.05. The largest absolute Gasteiger partial charge is 0.447 e. The van der Waals surface area contributed by atoms with Gasteiger partial charge in [-0.25, -0.2) is 4.79 Å². The van der Waals surface area contributed by atoms with Gasteiger partial charge < -0.3 is 9.47 Å². The van der Waals surface area contributed by atoms with Crippen LogP contribution in [-0.2, 0) is 9.53 Å². The van der Waals surface area contributed by atoms with Crippen molar-refractivity contribution < 1.29 is 14.3 Å². The number of rotatable bonds is 2. The molecule has 0 fully saturated rings. The summed E-state index contributed by atoms with van der Waals surface area (Å²) in [6.45, 7) is 1.72. The Bertz CT molecular complexity index is 365. The Morgan fingerprint density at radius 1 is 1.31 bits per heavy atom. The number of allylic oxidation sites excluding steroid dienone is 1. The van der Waals surface area contributed by atoms with Crippen LogP contribution in [-0.4, -0.2) is 5.97 Å². The van der Waals surface area contributed by atoms with E-state index in [0.717, 1.165) is 0 Å². The van der Waals surface area contributed by atoms with Crippen LogP contribution in [0.1, 0.15) is 6.92 Å². The minimum Gasteiger partial charge on any atom is -0.447 e. The second kappa shape index (κ2) is 2.94. The van der Waals surface area contributed by atoms with Gasteiger partial charge in [0.1, 0.15) is 5.75 Å². The fourth-order valence-electron chi connectivity index (χ4n) is 0.955. The van der Waals surface area contributed by atoms with Gasteiger partial charge in [-0.2, -0.15) is 0 Å². The third-order valence-corrected chi connectivity index (χ3v) is 1.67. The average molecular weight is 176 g/mol. The maximum absolute atomic E-state index is 11.2. The number of para-hydroxylation sites is 1. The molecule has 2 rings (SSSR count). The predicted molar refractivity (Wildman–Crippen MR) is 45.9 cm³/mol. The first kappa shape index (κ1) is 7.86. The maximum Gasteiger partial charge on any atom is 0.383 e. The molecule has 0 N–H and O–H groups in total. The van der Waals surface area contributed by atoms with Crippen LogP contribution in [0.2, 0.25) is 0 Å². The van der Waals surface area contributed by atoms with Gasteiger partial charge in [0.05, 0.1) is 0 Å². The number of carbonyl (C=O) groups excluding carboxylic acids is 1. The summed E-state index contributed by atoms with van der Waals surface area (Å²) in [4.78, 5) is 11.2. The van der Waals surface area contributed by atoms with Crippen LogP contribution in [0, 0.1) is 0 Å². The second-order valence-corrected chi connectivity index (χ2v) is 2.69. The molecule has 0 amide bonds. The summed E-state index contributed by atoms with van der Waals surface area (Å²) in [5, 5.41) is 0. The maximum atomic E-state index is 11.2. The standard InChI is InChI=1S/C10H8O3/c1-7-9(12-7)10(11)13-8-5-3-2-4-6-8/h2-6H,1H3. The van der Waals surface area contributed by atoms with Crippen LogP contribution >= 0.6 is 0 Å². The van der Waals surface area contributed by atoms with E-state index in [-0.39, 0.29) is 0 Å². The minimum atomic E-state index is -0.427. The van der Waals surface area contributed by atoms with Crippen molar-refractivity contribution in [3.8, 4) is 5.75 Å². The van der Waals surface area contributed by atoms with Gasteiger partial charge in [0.15, 0.2) is 5.76 Å². The van der Waals surface area contributed by atoms with Crippen LogP contribution in [0.3, 0.4) is 0 Å². The van der Waals surface area contributed by atoms with Crippen molar-refractivity contribution in [2.75, 3.05) is 0 Å². The monoisotopic (exact) mass is 176 g/mol. The summed E-state index contributed by atoms with van der Waals surface area (Å²) < 4.78 is 9.80. The lowest BCUT2D eigenvalue weighted by atomic mass is 10.3. The lowest BCUT2D eigenvalue weighted by Gasteiger charge is -1.98. The lowest BCUT2D eigenvalue weighted by molar-refractivity contribution is -0.131. The number of hydrogen-bond acceptors (Lipinski definition) is 3. The number of hydrogen-bond donors (Lipinski definition) is 0. The van der Waals surface area contributed by atoms with Crippen molar-refractivity contribution in [1.82, 2.24) is 0 Å². The summed E-state index contributed by atoms with van der Waals surface area (Å²) in [7, 11) is 0. The molecular weight excluding hydrogens is 168 g/mol. The van der Waals surface area contributed by atoms with Crippen molar-refractivity contribution in [2.45, 2.75) is 6.92 Å². The molecule has 1 aromatic rings. The van der Waals surface area contributed by atoms with E-state index in [1.807, 2.05) is 6.07 Å². The van der Waals surface area contributed by atoms with E-state index in [1.54, 1.807) is 31.2 Å². The molecule has 1 aliphatic heterocycles. The van der Waals surface area contributed by atoms with E-state index in [4.69, 9.17) is 9.47 Å². The molecular formula is C10H8O3. The number of carbonyl (C=O) groups is 1. The Balaban J connectivity index is 2.03. The van der Waals surface area contributed by atoms with Gasteiger partial charge in [0.25, 0.3) is 0 Å². The fourth-order valence-corrected chi connectivity index (χ4v) is 0.955. The zero-order chi connectivity index (χ0) is 9.26. The highest BCUT2D eigenvalue weighted by Gasteiger charge is 2.30. The summed E-state index contributed by atoms with van der Waals surface area (Å²) in [5.41, 5.74) is 0. The third-order valence-electron chi connectivity index (χ3n) is 1.67. The first-order valence-corrected chi connectivity index (χ1v) is 3.93. The van der Waals surface area contributed by atoms with E-state index in [2.05, 4.69) is 0 Å². The molecule has 1 aliphatic rings. The van der Waals surface area contributed by atoms with Crippen LogP contribution in [0.15, 0.2) is 41.9 Å². The SMILES string of the molecule is CC1=C(C(=O)Oc2ccccc2)O1. The molecule has 0 atom stereocenters. The van der Waals surface area contributed by atoms with Crippen LogP contribution in [0.4, 0.5) is 0 Å². The summed E-state index contributed by atoms with van der Waals surface area (Å²) in [6.07, 6.45) is 0. The van der Waals surface area contributed by atoms with Crippen LogP contribution in [0.25, 0.3) is 0 Å². The zero-order valence-corrected chi connectivity index (χ0v) is 7.11. The smallest absolute Gasteiger partial charge is 0.383 e. The Labute approximate surface area is 75.6 Å². The highest BCUT2D eigenvalue weighted by Crippen LogP contribution is 2.26. The average Bonchev–Trinajstić information content (AvgIpc) is 2.84. The topological polar surface area (TPSA) is 38.8 Å². The molecule has 0 radical (unpaired) electrons. The van der Waals surface area contributed by atoms with Crippen molar-refractivity contribution in [2.24, 2.45) is 0 Å². The summed E-state index contributed by atoms with van der Waals surface area (Å²) in [5.74, 6) is 1.07. The number of benzene rings is 1. The van der Waals surface area contributed by atoms with Crippen molar-refractivity contribution in [1.29, 1.82) is 0 Å². The van der Waals surface area contributed by atoms with Crippen molar-refractivity contribution in [3.63, 3.8) is 0 Å². The Kier molecular flexibility index (Phi) is 1.77. The summed E-state index contributed by atoms with van der Waals surface area (Å²) >= 11 is 0. The van der Waals surface area contributed by atoms with Gasteiger partial charge in [0, 0.05) is 0 Å². The minimum absolute atomic E-state index is 0.323. The van der Waals surface area contributed by atoms with E-state index in [9.17, 15) is 4.79 Å². The van der Waals surface area contributed by atoms with Crippen LogP contribution in [0.5, 0.6) is 5.75 Å². The molecule has 13 heavy (non-hydrogen) atoms. The first-order chi connectivity index (χ1) is 6.27. The van der Waals surface area contributed by atoms with E-state index in [0.29, 0.717) is 17.3 Å². The second-order valence-electron chi connectivity index (χ2n) is 2.69.